The molecule has 0 aliphatic rings. The van der Waals surface area contributed by atoms with Crippen molar-refractivity contribution in [3.05, 3.63) is 71.9 Å². The third kappa shape index (κ3) is 4.27. The maximum atomic E-state index is 11.8. The molecule has 0 saturated heterocycles. The Labute approximate surface area is 159 Å². The van der Waals surface area contributed by atoms with Crippen LogP contribution in [0.4, 0.5) is 0 Å². The van der Waals surface area contributed by atoms with Gasteiger partial charge in [0.1, 0.15) is 12.4 Å². The van der Waals surface area contributed by atoms with Crippen LogP contribution in [-0.4, -0.2) is 16.1 Å². The van der Waals surface area contributed by atoms with Gasteiger partial charge in [-0.1, -0.05) is 50.2 Å². The molecule has 1 N–H and O–H groups in total. The second-order valence-corrected chi connectivity index (χ2v) is 7.54. The molecule has 4 nitrogen and oxygen atoms in total. The average Bonchev–Trinajstić information content (AvgIpc) is 2.66. The van der Waals surface area contributed by atoms with E-state index in [4.69, 9.17) is 4.74 Å². The van der Waals surface area contributed by atoms with Crippen molar-refractivity contribution in [2.24, 2.45) is 5.92 Å². The molecule has 0 aliphatic carbocycles. The number of carbonyl (C=O) groups is 1. The number of ether oxygens (including phenoxy) is 1. The first kappa shape index (κ1) is 18.9. The highest BCUT2D eigenvalue weighted by molar-refractivity contribution is 5.81. The maximum absolute atomic E-state index is 11.8. The van der Waals surface area contributed by atoms with Crippen LogP contribution in [0.5, 0.6) is 5.75 Å². The van der Waals surface area contributed by atoms with Gasteiger partial charge in [0.05, 0.1) is 16.6 Å². The number of pyridine rings is 1. The van der Waals surface area contributed by atoms with Crippen LogP contribution in [0, 0.1) is 5.92 Å². The van der Waals surface area contributed by atoms with E-state index >= 15 is 0 Å². The Balaban J connectivity index is 1.72. The Hall–Kier alpha value is -2.88. The van der Waals surface area contributed by atoms with Crippen LogP contribution in [0.1, 0.15) is 38.4 Å². The smallest absolute Gasteiger partial charge is 0.313 e. The molecule has 140 valence electrons. The van der Waals surface area contributed by atoms with Gasteiger partial charge in [0, 0.05) is 5.39 Å². The molecular weight excluding hydrogens is 338 g/mol. The van der Waals surface area contributed by atoms with E-state index in [2.05, 4.69) is 4.98 Å². The van der Waals surface area contributed by atoms with Crippen molar-refractivity contribution in [3.63, 3.8) is 0 Å². The number of para-hydroxylation sites is 1. The van der Waals surface area contributed by atoms with Gasteiger partial charge >= 0.3 is 5.97 Å². The fourth-order valence-electron chi connectivity index (χ4n) is 3.41. The van der Waals surface area contributed by atoms with Gasteiger partial charge in [0.15, 0.2) is 0 Å². The van der Waals surface area contributed by atoms with Crippen LogP contribution in [0.25, 0.3) is 10.9 Å². The summed E-state index contributed by atoms with van der Waals surface area (Å²) >= 11 is 0. The standard InChI is InChI=1S/C23H25NO3/c1-16(2)14-23(3,22(25)26)18-9-12-20(13-10-18)27-15-19-11-8-17-6-4-5-7-21(17)24-19/h4-13,16H,14-15H2,1-3H3,(H,25,26). The monoisotopic (exact) mass is 363 g/mol. The highest BCUT2D eigenvalue weighted by Crippen LogP contribution is 2.32. The van der Waals surface area contributed by atoms with Gasteiger partial charge < -0.3 is 9.84 Å². The number of hydrogen-bond donors (Lipinski definition) is 1. The van der Waals surface area contributed by atoms with Gasteiger partial charge in [-0.3, -0.25) is 4.79 Å². The number of aromatic nitrogens is 1. The SMILES string of the molecule is CC(C)CC(C)(C(=O)O)c1ccc(OCc2ccc3ccccc3n2)cc1. The highest BCUT2D eigenvalue weighted by Gasteiger charge is 2.35. The number of benzene rings is 2. The number of hydrogen-bond acceptors (Lipinski definition) is 3. The highest BCUT2D eigenvalue weighted by atomic mass is 16.5. The molecule has 3 aromatic rings. The van der Waals surface area contributed by atoms with Gasteiger partial charge in [0.25, 0.3) is 0 Å². The summed E-state index contributed by atoms with van der Waals surface area (Å²) in [6.45, 7) is 6.22. The summed E-state index contributed by atoms with van der Waals surface area (Å²) in [6, 6.07) is 19.3. The zero-order valence-corrected chi connectivity index (χ0v) is 16.0. The lowest BCUT2D eigenvalue weighted by Gasteiger charge is -2.27. The van der Waals surface area contributed by atoms with Crippen molar-refractivity contribution in [2.75, 3.05) is 0 Å². The largest absolute Gasteiger partial charge is 0.487 e. The predicted molar refractivity (Wildman–Crippen MR) is 107 cm³/mol. The second kappa shape index (κ2) is 7.78. The number of aliphatic carboxylic acids is 1. The Bertz CT molecular complexity index is 934. The van der Waals surface area contributed by atoms with Gasteiger partial charge in [0.2, 0.25) is 0 Å². The molecule has 0 aliphatic heterocycles. The summed E-state index contributed by atoms with van der Waals surface area (Å²) in [6.07, 6.45) is 0.587. The third-order valence-corrected chi connectivity index (χ3v) is 4.82. The molecule has 2 aromatic carbocycles. The number of carboxylic acid groups (broad SMARTS) is 1. The van der Waals surface area contributed by atoms with Gasteiger partial charge in [-0.15, -0.1) is 0 Å². The molecule has 27 heavy (non-hydrogen) atoms. The Morgan fingerprint density at radius 1 is 1.07 bits per heavy atom. The van der Waals surface area contributed by atoms with Crippen LogP contribution in [-0.2, 0) is 16.8 Å². The summed E-state index contributed by atoms with van der Waals surface area (Å²) in [5, 5.41) is 10.8. The number of carboxylic acids is 1. The second-order valence-electron chi connectivity index (χ2n) is 7.54. The van der Waals surface area contributed by atoms with Crippen molar-refractivity contribution in [1.29, 1.82) is 0 Å². The molecule has 1 atom stereocenters. The van der Waals surface area contributed by atoms with E-state index in [-0.39, 0.29) is 0 Å². The molecule has 1 unspecified atom stereocenters. The Morgan fingerprint density at radius 2 is 1.78 bits per heavy atom. The predicted octanol–water partition coefficient (Wildman–Crippen LogP) is 5.20. The summed E-state index contributed by atoms with van der Waals surface area (Å²) in [7, 11) is 0. The van der Waals surface area contributed by atoms with Gasteiger partial charge in [-0.25, -0.2) is 4.98 Å². The zero-order valence-electron chi connectivity index (χ0n) is 16.0. The van der Waals surface area contributed by atoms with Crippen LogP contribution in [0.2, 0.25) is 0 Å². The minimum atomic E-state index is -0.896. The molecule has 0 bridgehead atoms. The number of nitrogens with zero attached hydrogens (tertiary/aromatic N) is 1. The minimum absolute atomic E-state index is 0.293. The summed E-state index contributed by atoms with van der Waals surface area (Å²) in [4.78, 5) is 16.4. The van der Waals surface area contributed by atoms with Crippen molar-refractivity contribution in [2.45, 2.75) is 39.2 Å². The number of rotatable bonds is 7. The molecule has 4 heteroatoms. The van der Waals surface area contributed by atoms with Crippen LogP contribution in [0.15, 0.2) is 60.7 Å². The lowest BCUT2D eigenvalue weighted by atomic mass is 9.76. The Morgan fingerprint density at radius 3 is 2.44 bits per heavy atom. The zero-order chi connectivity index (χ0) is 19.4. The first-order valence-corrected chi connectivity index (χ1v) is 9.20. The van der Waals surface area contributed by atoms with Crippen molar-refractivity contribution in [1.82, 2.24) is 4.98 Å². The fourth-order valence-corrected chi connectivity index (χ4v) is 3.41. The quantitative estimate of drug-likeness (QED) is 0.626. The number of fused-ring (bicyclic) bond motifs is 1. The molecule has 0 saturated carbocycles. The van der Waals surface area contributed by atoms with Gasteiger partial charge in [-0.05, 0) is 49.1 Å². The molecular formula is C23H25NO3. The van der Waals surface area contributed by atoms with Crippen LogP contribution >= 0.6 is 0 Å². The first-order chi connectivity index (χ1) is 12.9. The van der Waals surface area contributed by atoms with E-state index in [0.717, 1.165) is 22.2 Å². The van der Waals surface area contributed by atoms with Crippen LogP contribution < -0.4 is 4.74 Å². The normalized spacial score (nSPS) is 13.5. The van der Waals surface area contributed by atoms with E-state index in [0.29, 0.717) is 24.7 Å². The molecule has 0 amide bonds. The summed E-state index contributed by atoms with van der Waals surface area (Å²) in [5.74, 6) is 0.192. The van der Waals surface area contributed by atoms with E-state index in [1.165, 1.54) is 0 Å². The maximum Gasteiger partial charge on any atom is 0.313 e. The van der Waals surface area contributed by atoms with E-state index in [1.807, 2.05) is 74.5 Å². The van der Waals surface area contributed by atoms with Crippen LogP contribution in [0.3, 0.4) is 0 Å². The summed E-state index contributed by atoms with van der Waals surface area (Å²) < 4.78 is 5.84. The topological polar surface area (TPSA) is 59.4 Å². The lowest BCUT2D eigenvalue weighted by Crippen LogP contribution is -2.33. The van der Waals surface area contributed by atoms with E-state index in [1.54, 1.807) is 6.92 Å². The van der Waals surface area contributed by atoms with E-state index < -0.39 is 11.4 Å². The Kier molecular flexibility index (Phi) is 5.45. The fraction of sp³-hybridized carbons (Fsp3) is 0.304. The average molecular weight is 363 g/mol. The molecule has 1 aromatic heterocycles. The van der Waals surface area contributed by atoms with Crippen molar-refractivity contribution >= 4 is 16.9 Å². The first-order valence-electron chi connectivity index (χ1n) is 9.20. The lowest BCUT2D eigenvalue weighted by molar-refractivity contribution is -0.143. The summed E-state index contributed by atoms with van der Waals surface area (Å²) in [5.41, 5.74) is 1.69. The van der Waals surface area contributed by atoms with Crippen molar-refractivity contribution < 1.29 is 14.6 Å². The van der Waals surface area contributed by atoms with Gasteiger partial charge in [-0.2, -0.15) is 0 Å². The molecule has 0 fully saturated rings. The molecule has 3 rings (SSSR count). The van der Waals surface area contributed by atoms with E-state index in [9.17, 15) is 9.90 Å². The molecule has 1 heterocycles. The molecule has 0 spiro atoms. The molecule has 0 radical (unpaired) electrons. The van der Waals surface area contributed by atoms with Crippen molar-refractivity contribution in [3.8, 4) is 5.75 Å². The minimum Gasteiger partial charge on any atom is -0.487 e. The third-order valence-electron chi connectivity index (χ3n) is 4.82.